The molecular formula is C34H32ClN5O4. The zero-order valence-electron chi connectivity index (χ0n) is 24.7. The summed E-state index contributed by atoms with van der Waals surface area (Å²) >= 11 is 6.49. The second-order valence-electron chi connectivity index (χ2n) is 10.7. The summed E-state index contributed by atoms with van der Waals surface area (Å²) in [6.45, 7) is 3.10. The minimum Gasteiger partial charge on any atom is -0.508 e. The highest BCUT2D eigenvalue weighted by Gasteiger charge is 2.31. The number of anilines is 1. The number of phenols is 1. The fourth-order valence-electron chi connectivity index (χ4n) is 5.74. The average molecular weight is 610 g/mol. The van der Waals surface area contributed by atoms with Crippen molar-refractivity contribution >= 4 is 35.3 Å². The monoisotopic (exact) mass is 609 g/mol. The number of rotatable bonds is 3. The summed E-state index contributed by atoms with van der Waals surface area (Å²) in [5.41, 5.74) is 8.83. The van der Waals surface area contributed by atoms with Crippen LogP contribution in [0.3, 0.4) is 0 Å². The lowest BCUT2D eigenvalue weighted by atomic mass is 10.0. The van der Waals surface area contributed by atoms with Crippen molar-refractivity contribution in [2.24, 2.45) is 12.1 Å². The minimum atomic E-state index is -0.304. The van der Waals surface area contributed by atoms with E-state index in [1.807, 2.05) is 47.7 Å². The predicted octanol–water partition coefficient (Wildman–Crippen LogP) is 6.03. The first-order valence-corrected chi connectivity index (χ1v) is 14.7. The Kier molecular flexibility index (Phi) is 7.88. The summed E-state index contributed by atoms with van der Waals surface area (Å²) in [6.07, 6.45) is 3.96. The number of nitrogens with zero attached hydrogens (tertiary/aromatic N) is 4. The number of hydrazone groups is 1. The number of hydrogen-bond acceptors (Lipinski definition) is 6. The summed E-state index contributed by atoms with van der Waals surface area (Å²) in [5.74, 6) is 0.375. The van der Waals surface area contributed by atoms with Crippen molar-refractivity contribution in [3.05, 3.63) is 111 Å². The molecule has 1 aromatic heterocycles. The number of aromatic nitrogens is 1. The zero-order chi connectivity index (χ0) is 31.0. The second kappa shape index (κ2) is 11.9. The molecule has 3 heterocycles. The molecule has 0 fully saturated rings. The molecule has 0 aliphatic carbocycles. The lowest BCUT2D eigenvalue weighted by molar-refractivity contribution is 0.0751. The Labute approximate surface area is 260 Å². The van der Waals surface area contributed by atoms with Crippen LogP contribution in [0.4, 0.5) is 5.69 Å². The van der Waals surface area contributed by atoms with Crippen LogP contribution < -0.4 is 15.1 Å². The molecule has 0 unspecified atom stereocenters. The van der Waals surface area contributed by atoms with Gasteiger partial charge >= 0.3 is 0 Å². The van der Waals surface area contributed by atoms with E-state index in [0.29, 0.717) is 70.6 Å². The highest BCUT2D eigenvalue weighted by atomic mass is 35.5. The van der Waals surface area contributed by atoms with Crippen molar-refractivity contribution in [1.29, 1.82) is 0 Å². The van der Waals surface area contributed by atoms with E-state index in [-0.39, 0.29) is 17.6 Å². The largest absolute Gasteiger partial charge is 0.508 e. The van der Waals surface area contributed by atoms with Crippen molar-refractivity contribution in [2.45, 2.75) is 26.4 Å². The van der Waals surface area contributed by atoms with Gasteiger partial charge in [-0.15, -0.1) is 0 Å². The molecule has 4 aromatic rings. The topological polar surface area (TPSA) is 99.4 Å². The summed E-state index contributed by atoms with van der Waals surface area (Å²) in [5, 5.41) is 14.7. The Morgan fingerprint density at radius 2 is 1.77 bits per heavy atom. The third-order valence-corrected chi connectivity index (χ3v) is 8.34. The highest BCUT2D eigenvalue weighted by molar-refractivity contribution is 6.31. The Balaban J connectivity index is 1.56. The quantitative estimate of drug-likeness (QED) is 0.218. The number of fused-ring (bicyclic) bond motifs is 5. The van der Waals surface area contributed by atoms with E-state index < -0.39 is 0 Å². The van der Waals surface area contributed by atoms with Crippen LogP contribution in [0.25, 0.3) is 11.3 Å². The van der Waals surface area contributed by atoms with Gasteiger partial charge < -0.3 is 24.7 Å². The van der Waals surface area contributed by atoms with Crippen LogP contribution in [0.1, 0.15) is 44.0 Å². The maximum atomic E-state index is 14.5. The third-order valence-electron chi connectivity index (χ3n) is 8.11. The van der Waals surface area contributed by atoms with Crippen LogP contribution in [0.2, 0.25) is 5.02 Å². The van der Waals surface area contributed by atoms with Crippen molar-refractivity contribution < 1.29 is 19.4 Å². The van der Waals surface area contributed by atoms with Crippen molar-refractivity contribution in [3.8, 4) is 22.8 Å². The number of aromatic hydroxyl groups is 1. The number of phenolic OH excluding ortho intramolecular Hbond substituents is 1. The van der Waals surface area contributed by atoms with Crippen LogP contribution in [-0.2, 0) is 20.1 Å². The number of halogens is 1. The fraction of sp³-hybridized carbons (Fsp3) is 0.206. The first-order valence-electron chi connectivity index (χ1n) is 14.3. The van der Waals surface area contributed by atoms with Crippen molar-refractivity contribution in [2.75, 3.05) is 18.6 Å². The molecule has 2 N–H and O–H groups in total. The Hall–Kier alpha value is -5.02. The van der Waals surface area contributed by atoms with Crippen molar-refractivity contribution in [1.82, 2.24) is 14.9 Å². The van der Waals surface area contributed by atoms with Gasteiger partial charge in [0.05, 0.1) is 30.6 Å². The van der Waals surface area contributed by atoms with Gasteiger partial charge in [0.2, 0.25) is 0 Å². The number of benzene rings is 3. The molecule has 2 aliphatic heterocycles. The summed E-state index contributed by atoms with van der Waals surface area (Å²) in [7, 11) is 3.55. The first kappa shape index (κ1) is 29.1. The molecule has 10 heteroatoms. The van der Waals surface area contributed by atoms with Gasteiger partial charge in [-0.05, 0) is 67.1 Å². The number of amides is 2. The van der Waals surface area contributed by atoms with E-state index in [9.17, 15) is 14.7 Å². The number of carbonyl (C=O) groups excluding carboxylic acids is 2. The van der Waals surface area contributed by atoms with E-state index in [4.69, 9.17) is 16.3 Å². The zero-order valence-corrected chi connectivity index (χ0v) is 25.4. The number of ether oxygens (including phenoxy) is 1. The number of hydrogen-bond donors (Lipinski definition) is 2. The molecule has 0 saturated heterocycles. The summed E-state index contributed by atoms with van der Waals surface area (Å²) in [4.78, 5) is 31.9. The molecule has 0 spiro atoms. The normalized spacial score (nSPS) is 16.4. The Morgan fingerprint density at radius 3 is 2.55 bits per heavy atom. The molecule has 9 nitrogen and oxygen atoms in total. The number of carbonyl (C=O) groups is 2. The lowest BCUT2D eigenvalue weighted by Crippen LogP contribution is -2.31. The van der Waals surface area contributed by atoms with Gasteiger partial charge in [-0.25, -0.2) is 0 Å². The minimum absolute atomic E-state index is 0.0827. The van der Waals surface area contributed by atoms with E-state index in [2.05, 4.69) is 10.5 Å². The van der Waals surface area contributed by atoms with Gasteiger partial charge in [0, 0.05) is 65.8 Å². The van der Waals surface area contributed by atoms with E-state index in [1.54, 1.807) is 54.6 Å². The summed E-state index contributed by atoms with van der Waals surface area (Å²) < 4.78 is 8.14. The van der Waals surface area contributed by atoms with Gasteiger partial charge in [-0.2, -0.15) is 5.10 Å². The number of nitrogens with one attached hydrogen (secondary N) is 1. The van der Waals surface area contributed by atoms with E-state index in [0.717, 1.165) is 16.9 Å². The van der Waals surface area contributed by atoms with Crippen LogP contribution in [0.5, 0.6) is 11.5 Å². The van der Waals surface area contributed by atoms with Crippen LogP contribution in [0, 0.1) is 6.92 Å². The third kappa shape index (κ3) is 5.31. The standard InChI is InChI=1S/C34H32ClN5O4/c1-21-28-17-31(38(21)3)29-16-23(35)9-14-27(29)33(42)39-19-22-6-4-8-32(30(22)20-39)44-15-5-7-25(18-37-36-2)40(34(28)43)24-10-12-26(41)13-11-24/h4,6-14,16-18,36,41H,5,15,19-20H2,1-3H3/b25-7-,37-18-. The van der Waals surface area contributed by atoms with Gasteiger partial charge in [0.25, 0.3) is 11.8 Å². The number of allylic oxidation sites excluding steroid dienone is 1. The molecule has 2 aliphatic rings. The molecule has 0 saturated carbocycles. The van der Waals surface area contributed by atoms with Gasteiger partial charge in [0.1, 0.15) is 11.5 Å². The van der Waals surface area contributed by atoms with Crippen LogP contribution >= 0.6 is 11.6 Å². The SMILES string of the molecule is CN/N=C\C1=C\CCOc2cccc3c2CN(C3)C(=O)c2ccc(Cl)cc2-c2cc(c(C)n2C)C(=O)N1c1ccc(O)cc1. The molecular weight excluding hydrogens is 578 g/mol. The lowest BCUT2D eigenvalue weighted by Gasteiger charge is -2.24. The van der Waals surface area contributed by atoms with Crippen LogP contribution in [-0.4, -0.2) is 46.3 Å². The van der Waals surface area contributed by atoms with Gasteiger partial charge in [0.15, 0.2) is 0 Å². The first-order chi connectivity index (χ1) is 21.3. The highest BCUT2D eigenvalue weighted by Crippen LogP contribution is 2.36. The van der Waals surface area contributed by atoms with Gasteiger partial charge in [-0.1, -0.05) is 29.8 Å². The molecule has 3 aromatic carbocycles. The predicted molar refractivity (Wildman–Crippen MR) is 171 cm³/mol. The Bertz CT molecular complexity index is 1830. The maximum absolute atomic E-state index is 14.5. The fourth-order valence-corrected chi connectivity index (χ4v) is 5.92. The molecule has 0 atom stereocenters. The van der Waals surface area contributed by atoms with Crippen LogP contribution in [0.15, 0.2) is 83.6 Å². The van der Waals surface area contributed by atoms with E-state index in [1.165, 1.54) is 12.1 Å². The molecule has 6 rings (SSSR count). The molecule has 2 amide bonds. The molecule has 224 valence electrons. The van der Waals surface area contributed by atoms with E-state index >= 15 is 0 Å². The van der Waals surface area contributed by atoms with Gasteiger partial charge in [-0.3, -0.25) is 14.5 Å². The summed E-state index contributed by atoms with van der Waals surface area (Å²) in [6, 6.07) is 19.3. The molecule has 44 heavy (non-hydrogen) atoms. The average Bonchev–Trinajstić information content (AvgIpc) is 3.59. The van der Waals surface area contributed by atoms with Crippen molar-refractivity contribution in [3.63, 3.8) is 0 Å². The molecule has 0 radical (unpaired) electrons. The second-order valence-corrected chi connectivity index (χ2v) is 11.2. The maximum Gasteiger partial charge on any atom is 0.264 e. The smallest absolute Gasteiger partial charge is 0.264 e. The molecule has 4 bridgehead atoms. The Morgan fingerprint density at radius 1 is 0.977 bits per heavy atom.